The van der Waals surface area contributed by atoms with E-state index < -0.39 is 10.9 Å². The van der Waals surface area contributed by atoms with Crippen molar-refractivity contribution >= 4 is 23.0 Å². The van der Waals surface area contributed by atoms with E-state index in [4.69, 9.17) is 4.74 Å². The standard InChI is InChI=1S/C18H14N2O5S/c1-25-15-7-10-4-5-19-14(18(21)22)9-12(16-3-2-6-26-16)17(19)11(10)8-13(15)20(23)24/h2-3,6-9H,4-5H2,1H3,(H,21,22). The first-order valence-corrected chi connectivity index (χ1v) is 8.75. The second-order valence-electron chi connectivity index (χ2n) is 5.91. The molecule has 4 rings (SSSR count). The van der Waals surface area contributed by atoms with Crippen molar-refractivity contribution in [2.45, 2.75) is 13.0 Å². The Bertz CT molecular complexity index is 1040. The molecular formula is C18H14N2O5S. The van der Waals surface area contributed by atoms with Crippen molar-refractivity contribution in [1.29, 1.82) is 0 Å². The third-order valence-electron chi connectivity index (χ3n) is 4.56. The van der Waals surface area contributed by atoms with Crippen LogP contribution in [-0.4, -0.2) is 27.7 Å². The van der Waals surface area contributed by atoms with Gasteiger partial charge in [0, 0.05) is 28.6 Å². The van der Waals surface area contributed by atoms with E-state index >= 15 is 0 Å². The summed E-state index contributed by atoms with van der Waals surface area (Å²) >= 11 is 1.50. The number of carboxylic acid groups (broad SMARTS) is 1. The normalized spacial score (nSPS) is 12.3. The van der Waals surface area contributed by atoms with Crippen LogP contribution < -0.4 is 4.74 Å². The van der Waals surface area contributed by atoms with Crippen molar-refractivity contribution < 1.29 is 19.6 Å². The molecule has 1 aliphatic heterocycles. The average molecular weight is 370 g/mol. The molecule has 0 fully saturated rings. The smallest absolute Gasteiger partial charge is 0.352 e. The maximum Gasteiger partial charge on any atom is 0.352 e. The van der Waals surface area contributed by atoms with Gasteiger partial charge in [0.05, 0.1) is 17.7 Å². The fraction of sp³-hybridized carbons (Fsp3) is 0.167. The van der Waals surface area contributed by atoms with Crippen LogP contribution in [0.2, 0.25) is 0 Å². The van der Waals surface area contributed by atoms with Crippen molar-refractivity contribution in [3.63, 3.8) is 0 Å². The summed E-state index contributed by atoms with van der Waals surface area (Å²) in [5.41, 5.74) is 3.13. The summed E-state index contributed by atoms with van der Waals surface area (Å²) in [5, 5.41) is 22.9. The predicted octanol–water partition coefficient (Wildman–Crippen LogP) is 4.05. The number of thiophene rings is 1. The lowest BCUT2D eigenvalue weighted by Gasteiger charge is -2.22. The van der Waals surface area contributed by atoms with Gasteiger partial charge >= 0.3 is 11.7 Å². The van der Waals surface area contributed by atoms with Crippen LogP contribution in [0.4, 0.5) is 5.69 Å². The molecule has 1 N–H and O–H groups in total. The number of methoxy groups -OCH3 is 1. The fourth-order valence-electron chi connectivity index (χ4n) is 3.44. The third kappa shape index (κ3) is 2.38. The lowest BCUT2D eigenvalue weighted by atomic mass is 9.95. The van der Waals surface area contributed by atoms with Gasteiger partial charge in [-0.1, -0.05) is 6.07 Å². The number of nitrogens with zero attached hydrogens (tertiary/aromatic N) is 2. The van der Waals surface area contributed by atoms with Crippen LogP contribution in [0.25, 0.3) is 21.7 Å². The monoisotopic (exact) mass is 370 g/mol. The first-order chi connectivity index (χ1) is 12.5. The molecule has 0 saturated carbocycles. The van der Waals surface area contributed by atoms with E-state index in [2.05, 4.69) is 0 Å². The van der Waals surface area contributed by atoms with Gasteiger partial charge in [-0.05, 0) is 35.6 Å². The van der Waals surface area contributed by atoms with Gasteiger partial charge in [0.1, 0.15) is 5.69 Å². The minimum atomic E-state index is -1.01. The molecule has 0 unspecified atom stereocenters. The Balaban J connectivity index is 2.04. The maximum absolute atomic E-state index is 11.7. The van der Waals surface area contributed by atoms with Gasteiger partial charge < -0.3 is 14.4 Å². The van der Waals surface area contributed by atoms with Crippen molar-refractivity contribution in [2.75, 3.05) is 7.11 Å². The van der Waals surface area contributed by atoms with Gasteiger partial charge in [0.15, 0.2) is 5.75 Å². The third-order valence-corrected chi connectivity index (χ3v) is 5.47. The average Bonchev–Trinajstić information content (AvgIpc) is 3.27. The predicted molar refractivity (Wildman–Crippen MR) is 97.1 cm³/mol. The molecule has 0 atom stereocenters. The van der Waals surface area contributed by atoms with Crippen LogP contribution in [0.1, 0.15) is 16.1 Å². The van der Waals surface area contributed by atoms with E-state index in [1.54, 1.807) is 16.7 Å². The van der Waals surface area contributed by atoms with Crippen molar-refractivity contribution in [1.82, 2.24) is 4.57 Å². The van der Waals surface area contributed by atoms with Crippen LogP contribution in [0.3, 0.4) is 0 Å². The molecular weight excluding hydrogens is 356 g/mol. The van der Waals surface area contributed by atoms with E-state index in [-0.39, 0.29) is 17.1 Å². The molecule has 0 spiro atoms. The summed E-state index contributed by atoms with van der Waals surface area (Å²) in [6.07, 6.45) is 0.579. The highest BCUT2D eigenvalue weighted by Crippen LogP contribution is 2.44. The maximum atomic E-state index is 11.7. The number of hydrogen-bond donors (Lipinski definition) is 1. The summed E-state index contributed by atoms with van der Waals surface area (Å²) in [6.45, 7) is 0.496. The first-order valence-electron chi connectivity index (χ1n) is 7.87. The zero-order chi connectivity index (χ0) is 18.4. The van der Waals surface area contributed by atoms with Gasteiger partial charge in [-0.2, -0.15) is 0 Å². The summed E-state index contributed by atoms with van der Waals surface area (Å²) < 4.78 is 6.90. The van der Waals surface area contributed by atoms with Crippen LogP contribution >= 0.6 is 11.3 Å². The number of carbonyl (C=O) groups is 1. The molecule has 3 heterocycles. The summed E-state index contributed by atoms with van der Waals surface area (Å²) in [7, 11) is 1.40. The molecule has 7 nitrogen and oxygen atoms in total. The number of hydrogen-bond acceptors (Lipinski definition) is 5. The van der Waals surface area contributed by atoms with Gasteiger partial charge in [0.2, 0.25) is 0 Å². The van der Waals surface area contributed by atoms with Gasteiger partial charge in [-0.25, -0.2) is 4.79 Å². The minimum Gasteiger partial charge on any atom is -0.490 e. The Labute approximate surface area is 152 Å². The Kier molecular flexibility index (Phi) is 3.77. The zero-order valence-electron chi connectivity index (χ0n) is 13.8. The molecule has 26 heavy (non-hydrogen) atoms. The van der Waals surface area contributed by atoms with E-state index in [0.717, 1.165) is 16.0 Å². The SMILES string of the molecule is COc1cc2c(cc1[N+](=O)[O-])-c1c(-c3cccs3)cc(C(=O)O)n1CC2. The topological polar surface area (TPSA) is 94.6 Å². The number of nitro groups is 1. The number of ether oxygens (including phenoxy) is 1. The van der Waals surface area contributed by atoms with E-state index in [1.165, 1.54) is 24.5 Å². The van der Waals surface area contributed by atoms with E-state index in [1.807, 2.05) is 17.5 Å². The van der Waals surface area contributed by atoms with Gasteiger partial charge in [-0.3, -0.25) is 10.1 Å². The van der Waals surface area contributed by atoms with E-state index in [0.29, 0.717) is 24.2 Å². The van der Waals surface area contributed by atoms with E-state index in [9.17, 15) is 20.0 Å². The molecule has 0 amide bonds. The Morgan fingerprint density at radius 3 is 2.77 bits per heavy atom. The molecule has 0 aliphatic carbocycles. The van der Waals surface area contributed by atoms with Crippen LogP contribution in [0.5, 0.6) is 5.75 Å². The Hall–Kier alpha value is -3.13. The highest BCUT2D eigenvalue weighted by atomic mass is 32.1. The number of nitro benzene ring substituents is 1. The quantitative estimate of drug-likeness (QED) is 0.552. The molecule has 1 aliphatic rings. The molecule has 1 aromatic carbocycles. The van der Waals surface area contributed by atoms with Crippen molar-refractivity contribution in [3.8, 4) is 27.4 Å². The number of aromatic nitrogens is 1. The number of rotatable bonds is 4. The molecule has 2 aromatic heterocycles. The molecule has 0 saturated heterocycles. The molecule has 0 bridgehead atoms. The van der Waals surface area contributed by atoms with Crippen molar-refractivity contribution in [2.24, 2.45) is 0 Å². The number of carboxylic acids is 1. The van der Waals surface area contributed by atoms with Gasteiger partial charge in [-0.15, -0.1) is 11.3 Å². The van der Waals surface area contributed by atoms with Gasteiger partial charge in [0.25, 0.3) is 0 Å². The zero-order valence-corrected chi connectivity index (χ0v) is 14.6. The number of benzene rings is 1. The molecule has 3 aromatic rings. The van der Waals surface area contributed by atoms with Crippen LogP contribution in [-0.2, 0) is 13.0 Å². The lowest BCUT2D eigenvalue weighted by Crippen LogP contribution is -2.16. The lowest BCUT2D eigenvalue weighted by molar-refractivity contribution is -0.385. The highest BCUT2D eigenvalue weighted by Gasteiger charge is 2.29. The largest absolute Gasteiger partial charge is 0.490 e. The number of aryl methyl sites for hydroxylation is 1. The molecule has 132 valence electrons. The second-order valence-corrected chi connectivity index (χ2v) is 6.86. The molecule has 0 radical (unpaired) electrons. The van der Waals surface area contributed by atoms with Crippen LogP contribution in [0.15, 0.2) is 35.7 Å². The second kappa shape index (κ2) is 5.99. The minimum absolute atomic E-state index is 0.130. The molecule has 8 heteroatoms. The van der Waals surface area contributed by atoms with Crippen LogP contribution in [0, 0.1) is 10.1 Å². The fourth-order valence-corrected chi connectivity index (χ4v) is 4.19. The van der Waals surface area contributed by atoms with Crippen molar-refractivity contribution in [3.05, 3.63) is 57.1 Å². The first kappa shape index (κ1) is 16.3. The highest BCUT2D eigenvalue weighted by molar-refractivity contribution is 7.13. The summed E-state index contributed by atoms with van der Waals surface area (Å²) in [4.78, 5) is 23.6. The summed E-state index contributed by atoms with van der Waals surface area (Å²) in [5.74, 6) is -0.801. The number of fused-ring (bicyclic) bond motifs is 3. The number of aromatic carboxylic acids is 1. The Morgan fingerprint density at radius 2 is 2.15 bits per heavy atom. The summed E-state index contributed by atoms with van der Waals surface area (Å²) in [6, 6.07) is 8.63. The Morgan fingerprint density at radius 1 is 1.35 bits per heavy atom.